The van der Waals surface area contributed by atoms with Gasteiger partial charge in [-0.05, 0) is 19.8 Å². The highest BCUT2D eigenvalue weighted by Gasteiger charge is 2.09. The molecule has 0 radical (unpaired) electrons. The highest BCUT2D eigenvalue weighted by atomic mass is 16.5. The Labute approximate surface area is 103 Å². The van der Waals surface area contributed by atoms with Crippen LogP contribution >= 0.6 is 0 Å². The number of methoxy groups -OCH3 is 1. The lowest BCUT2D eigenvalue weighted by Crippen LogP contribution is -2.23. The van der Waals surface area contributed by atoms with Crippen molar-refractivity contribution in [1.82, 2.24) is 10.3 Å². The molecule has 0 bridgehead atoms. The van der Waals surface area contributed by atoms with Gasteiger partial charge in [0.1, 0.15) is 5.75 Å². The Morgan fingerprint density at radius 2 is 2.18 bits per heavy atom. The molecule has 0 aliphatic carbocycles. The Balaban J connectivity index is 2.66. The molecule has 96 valence electrons. The van der Waals surface area contributed by atoms with E-state index in [2.05, 4.69) is 10.3 Å². The second-order valence-electron chi connectivity index (χ2n) is 4.46. The summed E-state index contributed by atoms with van der Waals surface area (Å²) >= 11 is 0. The van der Waals surface area contributed by atoms with Crippen molar-refractivity contribution >= 4 is 0 Å². The zero-order chi connectivity index (χ0) is 12.8. The Bertz CT molecular complexity index is 367. The standard InChI is InChI=1S/C13H22N2O2/c1-9(8-16)5-14-7-12-11(3)13(17-4)10(2)6-15-12/h6,9,14,16H,5,7-8H2,1-4H3. The normalized spacial score (nSPS) is 12.5. The summed E-state index contributed by atoms with van der Waals surface area (Å²) in [5, 5.41) is 12.2. The maximum atomic E-state index is 8.93. The molecule has 17 heavy (non-hydrogen) atoms. The van der Waals surface area contributed by atoms with E-state index in [0.717, 1.165) is 29.1 Å². The quantitative estimate of drug-likeness (QED) is 0.787. The van der Waals surface area contributed by atoms with Gasteiger partial charge in [0.15, 0.2) is 0 Å². The molecule has 1 rings (SSSR count). The van der Waals surface area contributed by atoms with Gasteiger partial charge in [0.05, 0.1) is 12.8 Å². The van der Waals surface area contributed by atoms with E-state index < -0.39 is 0 Å². The van der Waals surface area contributed by atoms with Gasteiger partial charge in [-0.15, -0.1) is 0 Å². The Morgan fingerprint density at radius 1 is 1.47 bits per heavy atom. The zero-order valence-electron chi connectivity index (χ0n) is 11.1. The number of hydrogen-bond donors (Lipinski definition) is 2. The van der Waals surface area contributed by atoms with E-state index in [4.69, 9.17) is 9.84 Å². The smallest absolute Gasteiger partial charge is 0.128 e. The minimum Gasteiger partial charge on any atom is -0.496 e. The molecule has 0 aliphatic heterocycles. The van der Waals surface area contributed by atoms with Crippen LogP contribution in [0.2, 0.25) is 0 Å². The van der Waals surface area contributed by atoms with Crippen LogP contribution in [0.3, 0.4) is 0 Å². The third-order valence-corrected chi connectivity index (χ3v) is 2.85. The van der Waals surface area contributed by atoms with Gasteiger partial charge >= 0.3 is 0 Å². The highest BCUT2D eigenvalue weighted by molar-refractivity contribution is 5.40. The number of aliphatic hydroxyl groups is 1. The maximum absolute atomic E-state index is 8.93. The molecule has 1 heterocycles. The zero-order valence-corrected chi connectivity index (χ0v) is 11.1. The van der Waals surface area contributed by atoms with Crippen molar-refractivity contribution in [3.63, 3.8) is 0 Å². The molecule has 1 atom stereocenters. The van der Waals surface area contributed by atoms with Gasteiger partial charge in [-0.2, -0.15) is 0 Å². The molecule has 4 heteroatoms. The molecule has 0 aliphatic rings. The molecule has 1 aromatic rings. The Hall–Kier alpha value is -1.13. The summed E-state index contributed by atoms with van der Waals surface area (Å²) in [5.41, 5.74) is 3.13. The lowest BCUT2D eigenvalue weighted by molar-refractivity contribution is 0.233. The molecule has 0 amide bonds. The van der Waals surface area contributed by atoms with Gasteiger partial charge in [-0.1, -0.05) is 6.92 Å². The predicted octanol–water partition coefficient (Wildman–Crippen LogP) is 1.43. The average Bonchev–Trinajstić information content (AvgIpc) is 2.32. The molecule has 1 aromatic heterocycles. The molecule has 0 aromatic carbocycles. The number of hydrogen-bond acceptors (Lipinski definition) is 4. The summed E-state index contributed by atoms with van der Waals surface area (Å²) in [7, 11) is 1.68. The number of nitrogens with one attached hydrogen (secondary N) is 1. The number of nitrogens with zero attached hydrogens (tertiary/aromatic N) is 1. The third kappa shape index (κ3) is 3.68. The average molecular weight is 238 g/mol. The van der Waals surface area contributed by atoms with Crippen LogP contribution in [0.15, 0.2) is 6.20 Å². The number of rotatable bonds is 6. The van der Waals surface area contributed by atoms with E-state index in [9.17, 15) is 0 Å². The fourth-order valence-electron chi connectivity index (χ4n) is 1.75. The topological polar surface area (TPSA) is 54.4 Å². The van der Waals surface area contributed by atoms with Crippen molar-refractivity contribution in [2.24, 2.45) is 5.92 Å². The first-order valence-corrected chi connectivity index (χ1v) is 5.90. The molecule has 0 saturated heterocycles. The minimum absolute atomic E-state index is 0.205. The first kappa shape index (κ1) is 13.9. The number of aliphatic hydroxyl groups excluding tert-OH is 1. The lowest BCUT2D eigenvalue weighted by Gasteiger charge is -2.14. The van der Waals surface area contributed by atoms with Crippen molar-refractivity contribution in [3.05, 3.63) is 23.0 Å². The Kier molecular flexibility index (Phi) is 5.38. The minimum atomic E-state index is 0.205. The van der Waals surface area contributed by atoms with Crippen molar-refractivity contribution in [1.29, 1.82) is 0 Å². The van der Waals surface area contributed by atoms with E-state index in [-0.39, 0.29) is 12.5 Å². The molecule has 1 unspecified atom stereocenters. The predicted molar refractivity (Wildman–Crippen MR) is 68.2 cm³/mol. The second-order valence-corrected chi connectivity index (χ2v) is 4.46. The monoisotopic (exact) mass is 238 g/mol. The van der Waals surface area contributed by atoms with Gasteiger partial charge in [-0.3, -0.25) is 4.98 Å². The number of aromatic nitrogens is 1. The lowest BCUT2D eigenvalue weighted by atomic mass is 10.1. The summed E-state index contributed by atoms with van der Waals surface area (Å²) in [6, 6.07) is 0. The first-order valence-electron chi connectivity index (χ1n) is 5.90. The summed E-state index contributed by atoms with van der Waals surface area (Å²) in [5.74, 6) is 1.18. The van der Waals surface area contributed by atoms with Gasteiger partial charge in [0.25, 0.3) is 0 Å². The summed E-state index contributed by atoms with van der Waals surface area (Å²) in [6.07, 6.45) is 1.83. The number of ether oxygens (including phenoxy) is 1. The summed E-state index contributed by atoms with van der Waals surface area (Å²) < 4.78 is 5.36. The van der Waals surface area contributed by atoms with Gasteiger partial charge < -0.3 is 15.2 Å². The van der Waals surface area contributed by atoms with Crippen molar-refractivity contribution < 1.29 is 9.84 Å². The van der Waals surface area contributed by atoms with E-state index in [1.165, 1.54) is 0 Å². The van der Waals surface area contributed by atoms with Gasteiger partial charge in [0, 0.05) is 37.0 Å². The summed E-state index contributed by atoms with van der Waals surface area (Å²) in [4.78, 5) is 4.40. The Morgan fingerprint density at radius 3 is 2.76 bits per heavy atom. The molecule has 0 spiro atoms. The van der Waals surface area contributed by atoms with Crippen LogP contribution in [0, 0.1) is 19.8 Å². The van der Waals surface area contributed by atoms with Crippen molar-refractivity contribution in [2.75, 3.05) is 20.3 Å². The molecular weight excluding hydrogens is 216 g/mol. The second kappa shape index (κ2) is 6.57. The van der Waals surface area contributed by atoms with E-state index in [0.29, 0.717) is 6.54 Å². The first-order chi connectivity index (χ1) is 8.10. The van der Waals surface area contributed by atoms with Gasteiger partial charge in [0.2, 0.25) is 0 Å². The van der Waals surface area contributed by atoms with Crippen LogP contribution in [0.25, 0.3) is 0 Å². The maximum Gasteiger partial charge on any atom is 0.128 e. The van der Waals surface area contributed by atoms with Gasteiger partial charge in [-0.25, -0.2) is 0 Å². The molecular formula is C13H22N2O2. The van der Waals surface area contributed by atoms with Crippen LogP contribution < -0.4 is 10.1 Å². The van der Waals surface area contributed by atoms with Crippen molar-refractivity contribution in [2.45, 2.75) is 27.3 Å². The van der Waals surface area contributed by atoms with Crippen LogP contribution in [0.5, 0.6) is 5.75 Å². The molecule has 0 saturated carbocycles. The third-order valence-electron chi connectivity index (χ3n) is 2.85. The largest absolute Gasteiger partial charge is 0.496 e. The molecule has 4 nitrogen and oxygen atoms in total. The van der Waals surface area contributed by atoms with E-state index in [1.807, 2.05) is 27.0 Å². The van der Waals surface area contributed by atoms with Crippen molar-refractivity contribution in [3.8, 4) is 5.75 Å². The van der Waals surface area contributed by atoms with Crippen LogP contribution in [0.4, 0.5) is 0 Å². The van der Waals surface area contributed by atoms with Crippen LogP contribution in [0.1, 0.15) is 23.7 Å². The fraction of sp³-hybridized carbons (Fsp3) is 0.615. The van der Waals surface area contributed by atoms with E-state index >= 15 is 0 Å². The van der Waals surface area contributed by atoms with Crippen LogP contribution in [-0.2, 0) is 6.54 Å². The SMILES string of the molecule is COc1c(C)cnc(CNCC(C)CO)c1C. The highest BCUT2D eigenvalue weighted by Crippen LogP contribution is 2.23. The van der Waals surface area contributed by atoms with Crippen LogP contribution in [-0.4, -0.2) is 30.4 Å². The molecule has 2 N–H and O–H groups in total. The summed E-state index contributed by atoms with van der Waals surface area (Å²) in [6.45, 7) is 7.70. The van der Waals surface area contributed by atoms with E-state index in [1.54, 1.807) is 7.11 Å². The number of aryl methyl sites for hydroxylation is 1. The number of pyridine rings is 1. The fourth-order valence-corrected chi connectivity index (χ4v) is 1.75. The molecule has 0 fully saturated rings.